The standard InChI is InChI=1S/C27H30O7/c1-16-12-20(28)22(33-24(30)18-10-11-31-15-18)26(4)21(32-23(29)17-8-6-5-7-9-17)13-19-14-27(16,26)34-25(19,2)3/h5-11,15-16,19,21-22H,12-14H2,1-4H3. The van der Waals surface area contributed by atoms with Crippen LogP contribution < -0.4 is 0 Å². The number of Topliss-reactive ketones (excluding diaryl/α,β-unsaturated/α-hetero) is 1. The second kappa shape index (κ2) is 7.80. The Balaban J connectivity index is 1.57. The summed E-state index contributed by atoms with van der Waals surface area (Å²) < 4.78 is 23.8. The number of hydrogen-bond donors (Lipinski definition) is 0. The van der Waals surface area contributed by atoms with Crippen LogP contribution in [0.25, 0.3) is 0 Å². The quantitative estimate of drug-likeness (QED) is 0.608. The second-order valence-corrected chi connectivity index (χ2v) is 10.6. The molecule has 1 aromatic carbocycles. The maximum atomic E-state index is 13.4. The van der Waals surface area contributed by atoms with Gasteiger partial charge in [0.15, 0.2) is 11.9 Å². The average Bonchev–Trinajstić information content (AvgIpc) is 3.41. The van der Waals surface area contributed by atoms with Gasteiger partial charge in [0.25, 0.3) is 0 Å². The Labute approximate surface area is 198 Å². The molecule has 2 bridgehead atoms. The number of furan rings is 1. The van der Waals surface area contributed by atoms with Crippen LogP contribution in [0.5, 0.6) is 0 Å². The third-order valence-electron chi connectivity index (χ3n) is 8.44. The zero-order valence-electron chi connectivity index (χ0n) is 19.9. The third-order valence-corrected chi connectivity index (χ3v) is 8.44. The lowest BCUT2D eigenvalue weighted by Crippen LogP contribution is -2.70. The fourth-order valence-corrected chi connectivity index (χ4v) is 6.50. The van der Waals surface area contributed by atoms with Crippen LogP contribution in [0.3, 0.4) is 0 Å². The highest BCUT2D eigenvalue weighted by Crippen LogP contribution is 2.66. The molecular weight excluding hydrogens is 436 g/mol. The summed E-state index contributed by atoms with van der Waals surface area (Å²) in [7, 11) is 0. The SMILES string of the molecule is CC1CC(=O)C(OC(=O)c2ccoc2)C2(C)C(OC(=O)c3ccccc3)CC3CC12OC3(C)C. The van der Waals surface area contributed by atoms with Gasteiger partial charge in [0.05, 0.1) is 34.0 Å². The monoisotopic (exact) mass is 466 g/mol. The van der Waals surface area contributed by atoms with Crippen LogP contribution in [0.2, 0.25) is 0 Å². The van der Waals surface area contributed by atoms with Gasteiger partial charge in [0.1, 0.15) is 12.4 Å². The molecule has 1 spiro atoms. The Hall–Kier alpha value is -2.93. The van der Waals surface area contributed by atoms with Crippen molar-refractivity contribution >= 4 is 17.7 Å². The molecule has 7 heteroatoms. The smallest absolute Gasteiger partial charge is 0.342 e. The molecule has 180 valence electrons. The maximum absolute atomic E-state index is 13.4. The lowest BCUT2D eigenvalue weighted by Gasteiger charge is -2.59. The predicted octanol–water partition coefficient (Wildman–Crippen LogP) is 4.60. The van der Waals surface area contributed by atoms with E-state index in [1.54, 1.807) is 24.3 Å². The molecule has 34 heavy (non-hydrogen) atoms. The Morgan fingerprint density at radius 2 is 1.71 bits per heavy atom. The van der Waals surface area contributed by atoms with Crippen molar-refractivity contribution < 1.29 is 33.0 Å². The summed E-state index contributed by atoms with van der Waals surface area (Å²) in [5.74, 6) is -1.30. The van der Waals surface area contributed by atoms with Crippen molar-refractivity contribution in [3.8, 4) is 0 Å². The molecule has 2 aliphatic carbocycles. The molecular formula is C27H30O7. The van der Waals surface area contributed by atoms with Crippen molar-refractivity contribution in [2.24, 2.45) is 17.3 Å². The lowest BCUT2D eigenvalue weighted by molar-refractivity contribution is -0.245. The highest BCUT2D eigenvalue weighted by Gasteiger charge is 2.75. The molecule has 0 radical (unpaired) electrons. The van der Waals surface area contributed by atoms with Gasteiger partial charge in [0.2, 0.25) is 0 Å². The maximum Gasteiger partial charge on any atom is 0.342 e. The van der Waals surface area contributed by atoms with Crippen LogP contribution >= 0.6 is 0 Å². The van der Waals surface area contributed by atoms with E-state index in [-0.39, 0.29) is 29.6 Å². The zero-order chi connectivity index (χ0) is 24.3. The zero-order valence-corrected chi connectivity index (χ0v) is 19.9. The van der Waals surface area contributed by atoms with E-state index in [1.165, 1.54) is 18.6 Å². The second-order valence-electron chi connectivity index (χ2n) is 10.6. The molecule has 2 saturated carbocycles. The minimum Gasteiger partial charge on any atom is -0.472 e. The number of ether oxygens (including phenoxy) is 3. The van der Waals surface area contributed by atoms with E-state index in [9.17, 15) is 14.4 Å². The first-order chi connectivity index (χ1) is 16.1. The van der Waals surface area contributed by atoms with Gasteiger partial charge in [-0.2, -0.15) is 0 Å². The van der Waals surface area contributed by atoms with Crippen molar-refractivity contribution in [2.45, 2.75) is 70.4 Å². The van der Waals surface area contributed by atoms with E-state index in [1.807, 2.05) is 33.8 Å². The highest BCUT2D eigenvalue weighted by atomic mass is 16.6. The van der Waals surface area contributed by atoms with Gasteiger partial charge in [-0.05, 0) is 63.6 Å². The van der Waals surface area contributed by atoms with E-state index in [0.717, 1.165) is 0 Å². The Kier molecular flexibility index (Phi) is 5.24. The topological polar surface area (TPSA) is 92.0 Å². The number of fused-ring (bicyclic) bond motifs is 1. The first kappa shape index (κ1) is 22.8. The predicted molar refractivity (Wildman–Crippen MR) is 121 cm³/mol. The average molecular weight is 467 g/mol. The van der Waals surface area contributed by atoms with Crippen molar-refractivity contribution in [1.82, 2.24) is 0 Å². The van der Waals surface area contributed by atoms with E-state index in [4.69, 9.17) is 18.6 Å². The fraction of sp³-hybridized carbons (Fsp3) is 0.519. The van der Waals surface area contributed by atoms with Crippen LogP contribution in [-0.2, 0) is 19.0 Å². The molecule has 6 atom stereocenters. The number of hydrogen-bond acceptors (Lipinski definition) is 7. The minimum absolute atomic E-state index is 0.128. The molecule has 6 unspecified atom stereocenters. The summed E-state index contributed by atoms with van der Waals surface area (Å²) in [6.45, 7) is 7.98. The number of carbonyl (C=O) groups excluding carboxylic acids is 3. The highest BCUT2D eigenvalue weighted by molar-refractivity contribution is 5.94. The third kappa shape index (κ3) is 3.24. The van der Waals surface area contributed by atoms with Gasteiger partial charge >= 0.3 is 11.9 Å². The molecule has 2 aromatic rings. The summed E-state index contributed by atoms with van der Waals surface area (Å²) >= 11 is 0. The molecule has 7 nitrogen and oxygen atoms in total. The summed E-state index contributed by atoms with van der Waals surface area (Å²) in [6, 6.07) is 10.3. The van der Waals surface area contributed by atoms with Gasteiger partial charge in [-0.1, -0.05) is 25.1 Å². The fourth-order valence-electron chi connectivity index (χ4n) is 6.50. The summed E-state index contributed by atoms with van der Waals surface area (Å²) in [4.78, 5) is 39.5. The van der Waals surface area contributed by atoms with E-state index >= 15 is 0 Å². The number of ketones is 1. The van der Waals surface area contributed by atoms with E-state index in [2.05, 4.69) is 0 Å². The minimum atomic E-state index is -1.12. The van der Waals surface area contributed by atoms with Crippen LogP contribution in [0.15, 0.2) is 53.3 Å². The molecule has 3 fully saturated rings. The van der Waals surface area contributed by atoms with Crippen molar-refractivity contribution in [3.63, 3.8) is 0 Å². The molecule has 5 rings (SSSR count). The molecule has 1 saturated heterocycles. The largest absolute Gasteiger partial charge is 0.472 e. The summed E-state index contributed by atoms with van der Waals surface area (Å²) in [5, 5.41) is 0. The van der Waals surface area contributed by atoms with Gasteiger partial charge in [0, 0.05) is 6.42 Å². The Morgan fingerprint density at radius 1 is 1.00 bits per heavy atom. The Morgan fingerprint density at radius 3 is 2.38 bits per heavy atom. The van der Waals surface area contributed by atoms with Crippen LogP contribution in [0, 0.1) is 17.3 Å². The Bertz CT molecular complexity index is 1110. The number of carbonyl (C=O) groups is 3. The van der Waals surface area contributed by atoms with Crippen molar-refractivity contribution in [1.29, 1.82) is 0 Å². The first-order valence-electron chi connectivity index (χ1n) is 11.8. The van der Waals surface area contributed by atoms with Gasteiger partial charge in [-0.15, -0.1) is 0 Å². The molecule has 1 aliphatic heterocycles. The molecule has 0 amide bonds. The van der Waals surface area contributed by atoms with Gasteiger partial charge in [-0.25, -0.2) is 9.59 Å². The van der Waals surface area contributed by atoms with E-state index < -0.39 is 40.8 Å². The van der Waals surface area contributed by atoms with Crippen LogP contribution in [-0.4, -0.2) is 41.1 Å². The normalized spacial score (nSPS) is 35.9. The van der Waals surface area contributed by atoms with Crippen molar-refractivity contribution in [3.05, 3.63) is 60.1 Å². The number of rotatable bonds is 4. The van der Waals surface area contributed by atoms with E-state index in [0.29, 0.717) is 18.4 Å². The van der Waals surface area contributed by atoms with Crippen molar-refractivity contribution in [2.75, 3.05) is 0 Å². The van der Waals surface area contributed by atoms with Gasteiger partial charge in [-0.3, -0.25) is 4.79 Å². The summed E-state index contributed by atoms with van der Waals surface area (Å²) in [6.07, 6.45) is 2.33. The van der Waals surface area contributed by atoms with Crippen LogP contribution in [0.4, 0.5) is 0 Å². The van der Waals surface area contributed by atoms with Crippen LogP contribution in [0.1, 0.15) is 67.7 Å². The summed E-state index contributed by atoms with van der Waals surface area (Å²) in [5.41, 5.74) is -1.65. The molecule has 0 N–H and O–H groups in total. The molecule has 2 heterocycles. The molecule has 1 aromatic heterocycles. The molecule has 3 aliphatic rings. The van der Waals surface area contributed by atoms with Gasteiger partial charge < -0.3 is 18.6 Å². The first-order valence-corrected chi connectivity index (χ1v) is 11.8. The lowest BCUT2D eigenvalue weighted by atomic mass is 9.50. The number of benzene rings is 1. The number of esters is 2.